The molecular weight excluding hydrogens is 444 g/mol. The van der Waals surface area contributed by atoms with Crippen LogP contribution in [-0.4, -0.2) is 23.2 Å². The molecule has 0 radical (unpaired) electrons. The van der Waals surface area contributed by atoms with E-state index in [0.29, 0.717) is 5.82 Å². The maximum Gasteiger partial charge on any atom is 0.205 e. The van der Waals surface area contributed by atoms with Crippen molar-refractivity contribution in [2.75, 3.05) is 13.2 Å². The fourth-order valence-corrected chi connectivity index (χ4v) is 3.84. The zero-order chi connectivity index (χ0) is 25.3. The first-order valence-corrected chi connectivity index (χ1v) is 13.6. The molecule has 3 rings (SSSR count). The zero-order valence-corrected chi connectivity index (χ0v) is 22.0. The van der Waals surface area contributed by atoms with Gasteiger partial charge in [-0.2, -0.15) is 0 Å². The number of hydrogen-bond donors (Lipinski definition) is 0. The van der Waals surface area contributed by atoms with Crippen molar-refractivity contribution in [2.45, 2.75) is 78.1 Å². The zero-order valence-electron chi connectivity index (χ0n) is 22.0. The molecule has 0 N–H and O–H groups in total. The van der Waals surface area contributed by atoms with Gasteiger partial charge in [0, 0.05) is 23.5 Å². The van der Waals surface area contributed by atoms with Crippen LogP contribution in [0.1, 0.15) is 89.4 Å². The molecule has 0 saturated carbocycles. The second-order valence-corrected chi connectivity index (χ2v) is 9.12. The topological polar surface area (TPSA) is 44.2 Å². The Morgan fingerprint density at radius 3 is 1.64 bits per heavy atom. The molecule has 3 aromatic rings. The SMILES string of the molecule is CCCCCCCCOc1ccc(C#Cc2ncc(-c3ccc(OCCCCCC)cc3)cn2)cc1. The Morgan fingerprint density at radius 2 is 1.06 bits per heavy atom. The molecule has 1 aromatic heterocycles. The number of unbranched alkanes of at least 4 members (excludes halogenated alkanes) is 8. The highest BCUT2D eigenvalue weighted by molar-refractivity contribution is 5.62. The van der Waals surface area contributed by atoms with Gasteiger partial charge in [-0.05, 0) is 60.7 Å². The summed E-state index contributed by atoms with van der Waals surface area (Å²) in [6, 6.07) is 16.0. The summed E-state index contributed by atoms with van der Waals surface area (Å²) in [5, 5.41) is 0. The largest absolute Gasteiger partial charge is 0.494 e. The lowest BCUT2D eigenvalue weighted by atomic mass is 10.1. The van der Waals surface area contributed by atoms with E-state index in [9.17, 15) is 0 Å². The predicted molar refractivity (Wildman–Crippen MR) is 148 cm³/mol. The summed E-state index contributed by atoms with van der Waals surface area (Å²) in [4.78, 5) is 8.85. The number of hydrogen-bond acceptors (Lipinski definition) is 4. The average molecular weight is 485 g/mol. The van der Waals surface area contributed by atoms with Crippen LogP contribution in [0, 0.1) is 11.8 Å². The first-order chi connectivity index (χ1) is 17.8. The summed E-state index contributed by atoms with van der Waals surface area (Å²) in [5.41, 5.74) is 2.94. The highest BCUT2D eigenvalue weighted by atomic mass is 16.5. The van der Waals surface area contributed by atoms with Gasteiger partial charge in [0.25, 0.3) is 0 Å². The van der Waals surface area contributed by atoms with Crippen LogP contribution in [0.4, 0.5) is 0 Å². The summed E-state index contributed by atoms with van der Waals surface area (Å²) >= 11 is 0. The third-order valence-corrected chi connectivity index (χ3v) is 6.05. The van der Waals surface area contributed by atoms with E-state index >= 15 is 0 Å². The van der Waals surface area contributed by atoms with Crippen molar-refractivity contribution in [3.05, 3.63) is 72.3 Å². The summed E-state index contributed by atoms with van der Waals surface area (Å²) in [6.07, 6.45) is 16.1. The summed E-state index contributed by atoms with van der Waals surface area (Å²) < 4.78 is 11.7. The van der Waals surface area contributed by atoms with Gasteiger partial charge >= 0.3 is 0 Å². The van der Waals surface area contributed by atoms with Gasteiger partial charge in [0.2, 0.25) is 5.82 Å². The lowest BCUT2D eigenvalue weighted by Gasteiger charge is -2.07. The minimum atomic E-state index is 0.509. The molecule has 0 aliphatic rings. The van der Waals surface area contributed by atoms with Gasteiger partial charge < -0.3 is 9.47 Å². The van der Waals surface area contributed by atoms with E-state index in [1.165, 1.54) is 51.4 Å². The molecule has 190 valence electrons. The van der Waals surface area contributed by atoms with Crippen molar-refractivity contribution in [2.24, 2.45) is 0 Å². The van der Waals surface area contributed by atoms with E-state index in [4.69, 9.17) is 9.47 Å². The van der Waals surface area contributed by atoms with E-state index in [1.54, 1.807) is 0 Å². The van der Waals surface area contributed by atoms with Crippen LogP contribution in [0.15, 0.2) is 60.9 Å². The van der Waals surface area contributed by atoms with Crippen molar-refractivity contribution in [3.63, 3.8) is 0 Å². The highest BCUT2D eigenvalue weighted by Gasteiger charge is 2.01. The first kappa shape index (κ1) is 27.3. The smallest absolute Gasteiger partial charge is 0.205 e. The Morgan fingerprint density at radius 1 is 0.556 bits per heavy atom. The lowest BCUT2D eigenvalue weighted by Crippen LogP contribution is -1.97. The van der Waals surface area contributed by atoms with E-state index in [0.717, 1.165) is 54.2 Å². The molecule has 0 unspecified atom stereocenters. The minimum absolute atomic E-state index is 0.509. The second-order valence-electron chi connectivity index (χ2n) is 9.12. The monoisotopic (exact) mass is 484 g/mol. The Kier molecular flexibility index (Phi) is 12.4. The number of rotatable bonds is 15. The van der Waals surface area contributed by atoms with Crippen LogP contribution in [0.2, 0.25) is 0 Å². The van der Waals surface area contributed by atoms with Gasteiger partial charge in [-0.25, -0.2) is 9.97 Å². The van der Waals surface area contributed by atoms with Crippen LogP contribution in [0.25, 0.3) is 11.1 Å². The van der Waals surface area contributed by atoms with Crippen LogP contribution in [0.5, 0.6) is 11.5 Å². The van der Waals surface area contributed by atoms with E-state index in [2.05, 4.69) is 35.7 Å². The number of aromatic nitrogens is 2. The Bertz CT molecular complexity index is 1050. The standard InChI is InChI=1S/C32H40N2O2/c1-3-5-7-9-10-12-24-35-30-18-13-27(14-19-30)15-22-32-33-25-29(26-34-32)28-16-20-31(21-17-28)36-23-11-8-6-4-2/h13-14,16-21,25-26H,3-12,23-24H2,1-2H3. The molecule has 0 saturated heterocycles. The third kappa shape index (κ3) is 10.1. The Balaban J connectivity index is 1.44. The number of ether oxygens (including phenoxy) is 2. The molecule has 0 fully saturated rings. The van der Waals surface area contributed by atoms with Gasteiger partial charge in [-0.15, -0.1) is 0 Å². The van der Waals surface area contributed by atoms with Crippen LogP contribution >= 0.6 is 0 Å². The Labute approximate surface area is 217 Å². The summed E-state index contributed by atoms with van der Waals surface area (Å²) in [6.45, 7) is 6.00. The first-order valence-electron chi connectivity index (χ1n) is 13.6. The maximum absolute atomic E-state index is 5.85. The quantitative estimate of drug-likeness (QED) is 0.161. The molecule has 0 amide bonds. The number of nitrogens with zero attached hydrogens (tertiary/aromatic N) is 2. The van der Waals surface area contributed by atoms with Crippen molar-refractivity contribution < 1.29 is 9.47 Å². The van der Waals surface area contributed by atoms with E-state index in [1.807, 2.05) is 60.9 Å². The van der Waals surface area contributed by atoms with Crippen LogP contribution in [-0.2, 0) is 0 Å². The van der Waals surface area contributed by atoms with Crippen LogP contribution < -0.4 is 9.47 Å². The predicted octanol–water partition coefficient (Wildman–Crippen LogP) is 8.24. The van der Waals surface area contributed by atoms with Gasteiger partial charge in [0.15, 0.2) is 0 Å². The average Bonchev–Trinajstić information content (AvgIpc) is 2.93. The second kappa shape index (κ2) is 16.4. The normalized spacial score (nSPS) is 10.5. The third-order valence-electron chi connectivity index (χ3n) is 6.05. The van der Waals surface area contributed by atoms with Gasteiger partial charge in [0.1, 0.15) is 11.5 Å². The van der Waals surface area contributed by atoms with Crippen molar-refractivity contribution >= 4 is 0 Å². The fourth-order valence-electron chi connectivity index (χ4n) is 3.84. The van der Waals surface area contributed by atoms with E-state index < -0.39 is 0 Å². The van der Waals surface area contributed by atoms with Crippen LogP contribution in [0.3, 0.4) is 0 Å². The fraction of sp³-hybridized carbons (Fsp3) is 0.438. The molecule has 0 aliphatic heterocycles. The molecular formula is C32H40N2O2. The van der Waals surface area contributed by atoms with Crippen molar-refractivity contribution in [3.8, 4) is 34.5 Å². The maximum atomic E-state index is 5.85. The molecule has 0 aliphatic carbocycles. The minimum Gasteiger partial charge on any atom is -0.494 e. The molecule has 0 atom stereocenters. The lowest BCUT2D eigenvalue weighted by molar-refractivity contribution is 0.304. The molecule has 4 heteroatoms. The molecule has 4 nitrogen and oxygen atoms in total. The number of benzene rings is 2. The molecule has 0 spiro atoms. The molecule has 0 bridgehead atoms. The summed E-state index contributed by atoms with van der Waals surface area (Å²) in [5.74, 6) is 8.49. The van der Waals surface area contributed by atoms with Gasteiger partial charge in [-0.1, -0.05) is 83.3 Å². The Hall–Kier alpha value is -3.32. The van der Waals surface area contributed by atoms with E-state index in [-0.39, 0.29) is 0 Å². The molecule has 1 heterocycles. The summed E-state index contributed by atoms with van der Waals surface area (Å²) in [7, 11) is 0. The van der Waals surface area contributed by atoms with Crippen molar-refractivity contribution in [1.82, 2.24) is 9.97 Å². The van der Waals surface area contributed by atoms with Gasteiger partial charge in [-0.3, -0.25) is 0 Å². The van der Waals surface area contributed by atoms with Gasteiger partial charge in [0.05, 0.1) is 13.2 Å². The molecule has 2 aromatic carbocycles. The van der Waals surface area contributed by atoms with Crippen molar-refractivity contribution in [1.29, 1.82) is 0 Å². The highest BCUT2D eigenvalue weighted by Crippen LogP contribution is 2.21. The molecule has 36 heavy (non-hydrogen) atoms.